The highest BCUT2D eigenvalue weighted by Gasteiger charge is 2.24. The number of furan rings is 1. The van der Waals surface area contributed by atoms with Crippen molar-refractivity contribution in [2.45, 2.75) is 31.8 Å². The Morgan fingerprint density at radius 3 is 2.81 bits per heavy atom. The molecule has 0 bridgehead atoms. The zero-order valence-corrected chi connectivity index (χ0v) is 15.3. The molecule has 2 amide bonds. The lowest BCUT2D eigenvalue weighted by Gasteiger charge is -2.33. The number of imidazole rings is 1. The highest BCUT2D eigenvalue weighted by molar-refractivity contribution is 5.73. The van der Waals surface area contributed by atoms with Crippen molar-refractivity contribution in [3.05, 3.63) is 60.4 Å². The molecule has 7 nitrogen and oxygen atoms in total. The Balaban J connectivity index is 1.32. The van der Waals surface area contributed by atoms with Gasteiger partial charge in [0.2, 0.25) is 0 Å². The van der Waals surface area contributed by atoms with Crippen molar-refractivity contribution in [1.82, 2.24) is 24.9 Å². The summed E-state index contributed by atoms with van der Waals surface area (Å²) in [5.41, 5.74) is 1.70. The minimum atomic E-state index is -0.194. The Labute approximate surface area is 158 Å². The van der Waals surface area contributed by atoms with Crippen LogP contribution in [0.15, 0.2) is 53.4 Å². The van der Waals surface area contributed by atoms with Crippen molar-refractivity contribution in [2.24, 2.45) is 0 Å². The van der Waals surface area contributed by atoms with Crippen LogP contribution >= 0.6 is 0 Å². The standard InChI is InChI=1S/C20H25N5O2/c26-20(21-13-16-15-25-11-5-2-8-19(25)23-16)22-14-17(18-7-6-12-27-18)24-9-3-1-4-10-24/h2,5-8,11-12,15,17H,1,3-4,9-10,13-14H2,(H2,21,22,26)/t17-/m1/s1. The van der Waals surface area contributed by atoms with Gasteiger partial charge < -0.3 is 19.5 Å². The Morgan fingerprint density at radius 1 is 1.15 bits per heavy atom. The van der Waals surface area contributed by atoms with Crippen LogP contribution in [0, 0.1) is 0 Å². The molecular formula is C20H25N5O2. The molecule has 3 aromatic rings. The number of carbonyl (C=O) groups excluding carboxylic acids is 1. The maximum atomic E-state index is 12.3. The first kappa shape index (κ1) is 17.6. The third-order valence-corrected chi connectivity index (χ3v) is 5.00. The Morgan fingerprint density at radius 2 is 2.04 bits per heavy atom. The first-order chi connectivity index (χ1) is 13.3. The van der Waals surface area contributed by atoms with Crippen molar-refractivity contribution in [3.8, 4) is 0 Å². The number of hydrogen-bond acceptors (Lipinski definition) is 4. The molecule has 0 unspecified atom stereocenters. The number of nitrogens with zero attached hydrogens (tertiary/aromatic N) is 3. The topological polar surface area (TPSA) is 74.8 Å². The lowest BCUT2D eigenvalue weighted by atomic mass is 10.1. The van der Waals surface area contributed by atoms with Crippen LogP contribution in [0.25, 0.3) is 5.65 Å². The summed E-state index contributed by atoms with van der Waals surface area (Å²) in [6, 6.07) is 9.60. The first-order valence-corrected chi connectivity index (χ1v) is 9.51. The fraction of sp³-hybridized carbons (Fsp3) is 0.400. The molecule has 1 fully saturated rings. The minimum Gasteiger partial charge on any atom is -0.468 e. The van der Waals surface area contributed by atoms with Gasteiger partial charge in [-0.1, -0.05) is 12.5 Å². The summed E-state index contributed by atoms with van der Waals surface area (Å²) in [6.45, 7) is 2.99. The lowest BCUT2D eigenvalue weighted by Crippen LogP contribution is -2.43. The predicted molar refractivity (Wildman–Crippen MR) is 102 cm³/mol. The SMILES string of the molecule is O=C(NCc1cn2ccccc2n1)NC[C@H](c1ccco1)N1CCCCC1. The van der Waals surface area contributed by atoms with Crippen molar-refractivity contribution < 1.29 is 9.21 Å². The summed E-state index contributed by atoms with van der Waals surface area (Å²) in [5, 5.41) is 5.87. The van der Waals surface area contributed by atoms with E-state index in [4.69, 9.17) is 4.42 Å². The van der Waals surface area contributed by atoms with Gasteiger partial charge in [-0.15, -0.1) is 0 Å². The van der Waals surface area contributed by atoms with E-state index in [2.05, 4.69) is 20.5 Å². The van der Waals surface area contributed by atoms with Crippen molar-refractivity contribution in [1.29, 1.82) is 0 Å². The van der Waals surface area contributed by atoms with Crippen LogP contribution in [0.5, 0.6) is 0 Å². The molecule has 0 radical (unpaired) electrons. The average molecular weight is 367 g/mol. The highest BCUT2D eigenvalue weighted by Crippen LogP contribution is 2.24. The second-order valence-corrected chi connectivity index (χ2v) is 6.89. The van der Waals surface area contributed by atoms with E-state index in [-0.39, 0.29) is 12.1 Å². The number of nitrogens with one attached hydrogen (secondary N) is 2. The van der Waals surface area contributed by atoms with E-state index in [0.717, 1.165) is 30.2 Å². The van der Waals surface area contributed by atoms with Gasteiger partial charge in [0.15, 0.2) is 0 Å². The van der Waals surface area contributed by atoms with Crippen LogP contribution in [-0.2, 0) is 6.54 Å². The molecule has 1 aliphatic rings. The van der Waals surface area contributed by atoms with Gasteiger partial charge in [0.1, 0.15) is 11.4 Å². The molecule has 4 rings (SSSR count). The molecule has 7 heteroatoms. The minimum absolute atomic E-state index is 0.0706. The number of aromatic nitrogens is 2. The van der Waals surface area contributed by atoms with Crippen LogP contribution < -0.4 is 10.6 Å². The second kappa shape index (κ2) is 8.26. The number of urea groups is 1. The van der Waals surface area contributed by atoms with E-state index in [0.29, 0.717) is 13.1 Å². The molecule has 1 saturated heterocycles. The van der Waals surface area contributed by atoms with E-state index in [1.165, 1.54) is 19.3 Å². The van der Waals surface area contributed by atoms with Gasteiger partial charge >= 0.3 is 6.03 Å². The Kier molecular flexibility index (Phi) is 5.39. The van der Waals surface area contributed by atoms with Gasteiger partial charge in [-0.05, 0) is 50.2 Å². The number of fused-ring (bicyclic) bond motifs is 1. The fourth-order valence-corrected chi connectivity index (χ4v) is 3.62. The average Bonchev–Trinajstić information content (AvgIpc) is 3.37. The molecule has 3 aromatic heterocycles. The van der Waals surface area contributed by atoms with Crippen LogP contribution in [0.4, 0.5) is 4.79 Å². The van der Waals surface area contributed by atoms with Crippen LogP contribution in [-0.4, -0.2) is 39.9 Å². The van der Waals surface area contributed by atoms with Crippen molar-refractivity contribution in [2.75, 3.05) is 19.6 Å². The zero-order chi connectivity index (χ0) is 18.5. The van der Waals surface area contributed by atoms with Crippen LogP contribution in [0.2, 0.25) is 0 Å². The molecular weight excluding hydrogens is 342 g/mol. The van der Waals surface area contributed by atoms with Crippen molar-refractivity contribution in [3.63, 3.8) is 0 Å². The van der Waals surface area contributed by atoms with E-state index in [9.17, 15) is 4.79 Å². The largest absolute Gasteiger partial charge is 0.468 e. The maximum absolute atomic E-state index is 12.3. The third-order valence-electron chi connectivity index (χ3n) is 5.00. The van der Waals surface area contributed by atoms with Gasteiger partial charge in [0.25, 0.3) is 0 Å². The quantitative estimate of drug-likeness (QED) is 0.702. The number of piperidine rings is 1. The molecule has 1 atom stereocenters. The molecule has 0 spiro atoms. The van der Waals surface area contributed by atoms with Crippen molar-refractivity contribution >= 4 is 11.7 Å². The maximum Gasteiger partial charge on any atom is 0.315 e. The molecule has 2 N–H and O–H groups in total. The van der Waals surface area contributed by atoms with Gasteiger partial charge in [0, 0.05) is 18.9 Å². The van der Waals surface area contributed by atoms with E-state index < -0.39 is 0 Å². The first-order valence-electron chi connectivity index (χ1n) is 9.51. The summed E-state index contributed by atoms with van der Waals surface area (Å²) in [6.07, 6.45) is 9.21. The number of amides is 2. The second-order valence-electron chi connectivity index (χ2n) is 6.89. The smallest absolute Gasteiger partial charge is 0.315 e. The number of hydrogen-bond donors (Lipinski definition) is 2. The summed E-state index contributed by atoms with van der Waals surface area (Å²) < 4.78 is 7.56. The van der Waals surface area contributed by atoms with Crippen LogP contribution in [0.3, 0.4) is 0 Å². The summed E-state index contributed by atoms with van der Waals surface area (Å²) >= 11 is 0. The van der Waals surface area contributed by atoms with E-state index in [1.54, 1.807) is 6.26 Å². The fourth-order valence-electron chi connectivity index (χ4n) is 3.62. The Hall–Kier alpha value is -2.80. The van der Waals surface area contributed by atoms with Gasteiger partial charge in [-0.2, -0.15) is 0 Å². The van der Waals surface area contributed by atoms with E-state index in [1.807, 2.05) is 47.1 Å². The monoisotopic (exact) mass is 367 g/mol. The summed E-state index contributed by atoms with van der Waals surface area (Å²) in [7, 11) is 0. The molecule has 0 aromatic carbocycles. The summed E-state index contributed by atoms with van der Waals surface area (Å²) in [4.78, 5) is 19.2. The molecule has 0 saturated carbocycles. The van der Waals surface area contributed by atoms with Crippen LogP contribution in [0.1, 0.15) is 36.8 Å². The normalized spacial score (nSPS) is 16.3. The van der Waals surface area contributed by atoms with Gasteiger partial charge in [-0.3, -0.25) is 4.90 Å². The van der Waals surface area contributed by atoms with Gasteiger partial charge in [0.05, 0.1) is 24.5 Å². The third kappa shape index (κ3) is 4.31. The molecule has 27 heavy (non-hydrogen) atoms. The molecule has 0 aliphatic carbocycles. The van der Waals surface area contributed by atoms with Gasteiger partial charge in [-0.25, -0.2) is 9.78 Å². The molecule has 142 valence electrons. The Bertz CT molecular complexity index is 835. The molecule has 4 heterocycles. The number of carbonyl (C=O) groups is 1. The number of pyridine rings is 1. The predicted octanol–water partition coefficient (Wildman–Crippen LogP) is 2.95. The summed E-state index contributed by atoms with van der Waals surface area (Å²) in [5.74, 6) is 0.901. The zero-order valence-electron chi connectivity index (χ0n) is 15.3. The van der Waals surface area contributed by atoms with E-state index >= 15 is 0 Å². The number of rotatable bonds is 6. The molecule has 1 aliphatic heterocycles. The lowest BCUT2D eigenvalue weighted by molar-refractivity contribution is 0.143. The highest BCUT2D eigenvalue weighted by atomic mass is 16.3. The number of likely N-dealkylation sites (tertiary alicyclic amines) is 1.